The van der Waals surface area contributed by atoms with Gasteiger partial charge in [-0.1, -0.05) is 57.9 Å². The maximum absolute atomic E-state index is 12.8. The number of amides is 1. The van der Waals surface area contributed by atoms with Crippen molar-refractivity contribution in [3.63, 3.8) is 0 Å². The van der Waals surface area contributed by atoms with E-state index in [-0.39, 0.29) is 24.5 Å². The Bertz CT molecular complexity index is 1030. The number of nitrogens with two attached hydrogens (primary N) is 1. The van der Waals surface area contributed by atoms with E-state index < -0.39 is 0 Å². The number of benzene rings is 3. The molecular weight excluding hydrogens is 468 g/mol. The first kappa shape index (κ1) is 22.0. The summed E-state index contributed by atoms with van der Waals surface area (Å²) in [6, 6.07) is 21.9. The summed E-state index contributed by atoms with van der Waals surface area (Å²) in [6.45, 7) is 0.146. The quantitative estimate of drug-likeness (QED) is 0.490. The fraction of sp³-hybridized carbons (Fsp3) is 0.130. The summed E-state index contributed by atoms with van der Waals surface area (Å²) < 4.78 is 5.67. The van der Waals surface area contributed by atoms with E-state index in [9.17, 15) is 9.59 Å². The third kappa shape index (κ3) is 5.69. The Kier molecular flexibility index (Phi) is 7.63. The predicted octanol–water partition coefficient (Wildman–Crippen LogP) is 4.18. The van der Waals surface area contributed by atoms with E-state index in [0.717, 1.165) is 15.6 Å². The molecule has 0 spiro atoms. The van der Waals surface area contributed by atoms with Gasteiger partial charge in [0.15, 0.2) is 6.54 Å². The van der Waals surface area contributed by atoms with Crippen LogP contribution in [0, 0.1) is 0 Å². The first-order valence-corrected chi connectivity index (χ1v) is 10.5. The molecule has 0 bridgehead atoms. The zero-order valence-electron chi connectivity index (χ0n) is 16.3. The molecule has 0 heterocycles. The molecule has 30 heavy (non-hydrogen) atoms. The van der Waals surface area contributed by atoms with Crippen molar-refractivity contribution in [2.45, 2.75) is 6.04 Å². The number of carbonyl (C=O) groups excluding carboxylic acids is 2. The molecule has 0 fully saturated rings. The second kappa shape index (κ2) is 10.4. The van der Waals surface area contributed by atoms with Crippen LogP contribution in [-0.4, -0.2) is 25.5 Å². The molecule has 0 aromatic heterocycles. The zero-order valence-corrected chi connectivity index (χ0v) is 18.6. The summed E-state index contributed by atoms with van der Waals surface area (Å²) in [4.78, 5) is 24.6. The highest BCUT2D eigenvalue weighted by Gasteiger charge is 2.23. The van der Waals surface area contributed by atoms with Gasteiger partial charge in [0, 0.05) is 26.2 Å². The van der Waals surface area contributed by atoms with Crippen LogP contribution in [0.5, 0.6) is 0 Å². The standard InChI is InChI=1S/C23H20BrClN2O3/c1-30-21(28)14-26-22(15-5-3-2-4-6-15)19-13-17(24)9-12-20(19)27-23(29)16-7-10-18(25)11-8-16/h2-13,22,26H,14H2,1H3,(H,27,29)/p+1. The van der Waals surface area contributed by atoms with Crippen LogP contribution in [0.4, 0.5) is 5.69 Å². The molecule has 0 aliphatic carbocycles. The number of ether oxygens (including phenoxy) is 1. The van der Waals surface area contributed by atoms with Crippen molar-refractivity contribution < 1.29 is 19.6 Å². The Hall–Kier alpha value is -2.67. The van der Waals surface area contributed by atoms with Gasteiger partial charge in [0.25, 0.3) is 5.91 Å². The van der Waals surface area contributed by atoms with Gasteiger partial charge in [-0.2, -0.15) is 0 Å². The number of nitrogens with one attached hydrogen (secondary N) is 1. The molecule has 3 aromatic carbocycles. The van der Waals surface area contributed by atoms with E-state index in [4.69, 9.17) is 16.3 Å². The average molecular weight is 489 g/mol. The number of carbonyl (C=O) groups is 2. The van der Waals surface area contributed by atoms with E-state index in [0.29, 0.717) is 16.3 Å². The van der Waals surface area contributed by atoms with Gasteiger partial charge >= 0.3 is 5.97 Å². The van der Waals surface area contributed by atoms with E-state index >= 15 is 0 Å². The lowest BCUT2D eigenvalue weighted by molar-refractivity contribution is -0.677. The van der Waals surface area contributed by atoms with Gasteiger partial charge in [0.05, 0.1) is 12.8 Å². The fourth-order valence-corrected chi connectivity index (χ4v) is 3.61. The summed E-state index contributed by atoms with van der Waals surface area (Å²) in [5.74, 6) is -0.562. The lowest BCUT2D eigenvalue weighted by Crippen LogP contribution is -2.87. The Morgan fingerprint density at radius 2 is 1.77 bits per heavy atom. The van der Waals surface area contributed by atoms with Gasteiger partial charge in [-0.3, -0.25) is 4.79 Å². The van der Waals surface area contributed by atoms with Crippen LogP contribution in [-0.2, 0) is 9.53 Å². The normalized spacial score (nSPS) is 11.6. The van der Waals surface area contributed by atoms with Gasteiger partial charge in [0.2, 0.25) is 0 Å². The van der Waals surface area contributed by atoms with Crippen molar-refractivity contribution in [1.82, 2.24) is 0 Å². The number of halogens is 2. The monoisotopic (exact) mass is 487 g/mol. The van der Waals surface area contributed by atoms with E-state index in [1.165, 1.54) is 7.11 Å². The van der Waals surface area contributed by atoms with Crippen LogP contribution in [0.2, 0.25) is 5.02 Å². The van der Waals surface area contributed by atoms with Crippen molar-refractivity contribution >= 4 is 45.1 Å². The Labute approximate surface area is 188 Å². The minimum Gasteiger partial charge on any atom is -0.465 e. The molecule has 1 amide bonds. The number of hydrogen-bond donors (Lipinski definition) is 2. The number of quaternary nitrogens is 1. The van der Waals surface area contributed by atoms with Crippen LogP contribution < -0.4 is 10.6 Å². The molecule has 154 valence electrons. The van der Waals surface area contributed by atoms with Crippen LogP contribution in [0.1, 0.15) is 27.5 Å². The van der Waals surface area contributed by atoms with Crippen molar-refractivity contribution in [2.75, 3.05) is 19.0 Å². The Morgan fingerprint density at radius 1 is 1.07 bits per heavy atom. The molecular formula is C23H21BrClN2O3+. The predicted molar refractivity (Wildman–Crippen MR) is 121 cm³/mol. The fourth-order valence-electron chi connectivity index (χ4n) is 3.10. The molecule has 0 saturated heterocycles. The molecule has 0 aliphatic rings. The number of esters is 1. The van der Waals surface area contributed by atoms with Crippen LogP contribution in [0.25, 0.3) is 0 Å². The largest absolute Gasteiger partial charge is 0.465 e. The maximum atomic E-state index is 12.8. The van der Waals surface area contributed by atoms with Gasteiger partial charge in [-0.25, -0.2) is 4.79 Å². The lowest BCUT2D eigenvalue weighted by Gasteiger charge is -2.20. The third-order valence-corrected chi connectivity index (χ3v) is 5.36. The molecule has 1 unspecified atom stereocenters. The van der Waals surface area contributed by atoms with Crippen LogP contribution in [0.15, 0.2) is 77.3 Å². The first-order chi connectivity index (χ1) is 14.5. The SMILES string of the molecule is COC(=O)C[NH2+]C(c1ccccc1)c1cc(Br)ccc1NC(=O)c1ccc(Cl)cc1. The van der Waals surface area contributed by atoms with E-state index in [2.05, 4.69) is 21.2 Å². The minimum atomic E-state index is -0.322. The van der Waals surface area contributed by atoms with E-state index in [1.54, 1.807) is 24.3 Å². The summed E-state index contributed by atoms with van der Waals surface area (Å²) in [7, 11) is 1.37. The highest BCUT2D eigenvalue weighted by atomic mass is 79.9. The van der Waals surface area contributed by atoms with Crippen molar-refractivity contribution in [2.24, 2.45) is 0 Å². The lowest BCUT2D eigenvalue weighted by atomic mass is 9.96. The number of methoxy groups -OCH3 is 1. The van der Waals surface area contributed by atoms with Gasteiger partial charge < -0.3 is 15.4 Å². The summed E-state index contributed by atoms with van der Waals surface area (Å²) in [5, 5.41) is 5.44. The van der Waals surface area contributed by atoms with Gasteiger partial charge in [-0.15, -0.1) is 0 Å². The van der Waals surface area contributed by atoms with Gasteiger partial charge in [-0.05, 0) is 42.5 Å². The second-order valence-electron chi connectivity index (χ2n) is 6.60. The molecule has 1 atom stereocenters. The summed E-state index contributed by atoms with van der Waals surface area (Å²) >= 11 is 9.44. The van der Waals surface area contributed by atoms with Crippen molar-refractivity contribution in [3.05, 3.63) is 99.0 Å². The summed E-state index contributed by atoms with van der Waals surface area (Å²) in [5.41, 5.74) is 3.03. The average Bonchev–Trinajstić information content (AvgIpc) is 2.76. The molecule has 5 nitrogen and oxygen atoms in total. The Morgan fingerprint density at radius 3 is 2.43 bits per heavy atom. The number of hydrogen-bond acceptors (Lipinski definition) is 3. The third-order valence-electron chi connectivity index (χ3n) is 4.61. The molecule has 3 N–H and O–H groups in total. The minimum absolute atomic E-state index is 0.146. The van der Waals surface area contributed by atoms with E-state index in [1.807, 2.05) is 53.8 Å². The number of anilines is 1. The maximum Gasteiger partial charge on any atom is 0.361 e. The smallest absolute Gasteiger partial charge is 0.361 e. The van der Waals surface area contributed by atoms with Crippen molar-refractivity contribution in [1.29, 1.82) is 0 Å². The highest BCUT2D eigenvalue weighted by molar-refractivity contribution is 9.10. The topological polar surface area (TPSA) is 72.0 Å². The zero-order chi connectivity index (χ0) is 21.5. The first-order valence-electron chi connectivity index (χ1n) is 9.29. The van der Waals surface area contributed by atoms with Gasteiger partial charge in [0.1, 0.15) is 6.04 Å². The molecule has 7 heteroatoms. The second-order valence-corrected chi connectivity index (χ2v) is 7.95. The molecule has 0 radical (unpaired) electrons. The van der Waals surface area contributed by atoms with Crippen LogP contribution in [0.3, 0.4) is 0 Å². The molecule has 3 rings (SSSR count). The number of rotatable bonds is 7. The summed E-state index contributed by atoms with van der Waals surface area (Å²) in [6.07, 6.45) is 0. The van der Waals surface area contributed by atoms with Crippen molar-refractivity contribution in [3.8, 4) is 0 Å². The highest BCUT2D eigenvalue weighted by Crippen LogP contribution is 2.29. The molecule has 0 aliphatic heterocycles. The molecule has 0 saturated carbocycles. The van der Waals surface area contributed by atoms with Crippen LogP contribution >= 0.6 is 27.5 Å². The Balaban J connectivity index is 1.96. The molecule has 3 aromatic rings.